The number of aliphatic hydroxyl groups excluding tert-OH is 3. The van der Waals surface area contributed by atoms with Gasteiger partial charge in [0.05, 0.1) is 18.3 Å². The molecule has 0 amide bonds. The number of thiophene rings is 1. The van der Waals surface area contributed by atoms with Crippen LogP contribution in [0, 0.1) is 11.8 Å². The molecule has 2 aliphatic rings. The van der Waals surface area contributed by atoms with E-state index in [4.69, 9.17) is 5.11 Å². The topological polar surface area (TPSA) is 98.0 Å². The Morgan fingerprint density at radius 2 is 1.83 bits per heavy atom. The lowest BCUT2D eigenvalue weighted by Gasteiger charge is -2.24. The molecule has 162 valence electrons. The molecule has 4 N–H and O–H groups in total. The van der Waals surface area contributed by atoms with Crippen LogP contribution in [0.5, 0.6) is 0 Å². The Labute approximate surface area is 177 Å². The molecule has 3 rings (SSSR count). The summed E-state index contributed by atoms with van der Waals surface area (Å²) >= 11 is 1.66. The number of aryl methyl sites for hydroxylation is 1. The van der Waals surface area contributed by atoms with Gasteiger partial charge in [-0.05, 0) is 74.5 Å². The summed E-state index contributed by atoms with van der Waals surface area (Å²) in [5.41, 5.74) is 1.32. The van der Waals surface area contributed by atoms with Crippen LogP contribution in [0.15, 0.2) is 12.1 Å². The Balaban J connectivity index is 1.46. The van der Waals surface area contributed by atoms with E-state index in [9.17, 15) is 20.1 Å². The number of carboxylic acids is 1. The molecule has 6 heteroatoms. The van der Waals surface area contributed by atoms with E-state index < -0.39 is 24.3 Å². The summed E-state index contributed by atoms with van der Waals surface area (Å²) in [6, 6.07) is 2.13. The lowest BCUT2D eigenvalue weighted by Crippen LogP contribution is -2.23. The Morgan fingerprint density at radius 1 is 1.10 bits per heavy atom. The Kier molecular flexibility index (Phi) is 8.30. The molecular weight excluding hydrogens is 388 g/mol. The number of allylic oxidation sites excluding steroid dienone is 1. The first-order valence-electron chi connectivity index (χ1n) is 11.0. The van der Waals surface area contributed by atoms with Gasteiger partial charge in [-0.15, -0.1) is 11.3 Å². The summed E-state index contributed by atoms with van der Waals surface area (Å²) in [6.07, 6.45) is 11.2. The first-order chi connectivity index (χ1) is 14.0. The van der Waals surface area contributed by atoms with Gasteiger partial charge in [0.15, 0.2) is 0 Å². The van der Waals surface area contributed by atoms with Crippen molar-refractivity contribution < 1.29 is 25.2 Å². The molecule has 0 spiro atoms. The van der Waals surface area contributed by atoms with Crippen LogP contribution in [0.1, 0.15) is 85.6 Å². The summed E-state index contributed by atoms with van der Waals surface area (Å²) in [5, 5.41) is 40.2. The van der Waals surface area contributed by atoms with Crippen LogP contribution in [0.3, 0.4) is 0 Å². The molecule has 0 radical (unpaired) electrons. The van der Waals surface area contributed by atoms with Crippen molar-refractivity contribution in [2.45, 2.75) is 88.9 Å². The molecule has 2 aliphatic carbocycles. The van der Waals surface area contributed by atoms with Crippen LogP contribution in [-0.2, 0) is 11.2 Å². The van der Waals surface area contributed by atoms with E-state index >= 15 is 0 Å². The van der Waals surface area contributed by atoms with Gasteiger partial charge in [-0.3, -0.25) is 4.79 Å². The van der Waals surface area contributed by atoms with E-state index in [0.717, 1.165) is 43.4 Å². The van der Waals surface area contributed by atoms with Gasteiger partial charge < -0.3 is 20.4 Å². The second-order valence-electron chi connectivity index (χ2n) is 8.62. The Bertz CT molecular complexity index is 697. The van der Waals surface area contributed by atoms with Gasteiger partial charge in [0.1, 0.15) is 0 Å². The second kappa shape index (κ2) is 10.7. The van der Waals surface area contributed by atoms with Crippen molar-refractivity contribution in [2.75, 3.05) is 0 Å². The van der Waals surface area contributed by atoms with Crippen LogP contribution in [0.2, 0.25) is 0 Å². The van der Waals surface area contributed by atoms with Gasteiger partial charge in [-0.25, -0.2) is 0 Å². The molecule has 0 aliphatic heterocycles. The maximum atomic E-state index is 10.7. The number of aliphatic carboxylic acids is 1. The number of hydrogen-bond acceptors (Lipinski definition) is 5. The zero-order chi connectivity index (χ0) is 20.8. The molecular formula is C23H34O5S. The summed E-state index contributed by atoms with van der Waals surface area (Å²) in [7, 11) is 0. The summed E-state index contributed by atoms with van der Waals surface area (Å²) < 4.78 is 0. The lowest BCUT2D eigenvalue weighted by atomic mass is 9.84. The van der Waals surface area contributed by atoms with Gasteiger partial charge in [0.2, 0.25) is 0 Å². The minimum Gasteiger partial charge on any atom is -0.481 e. The average Bonchev–Trinajstić information content (AvgIpc) is 3.23. The van der Waals surface area contributed by atoms with Crippen molar-refractivity contribution in [1.29, 1.82) is 0 Å². The average molecular weight is 423 g/mol. The number of hydrogen-bond donors (Lipinski definition) is 4. The molecule has 0 bridgehead atoms. The number of fused-ring (bicyclic) bond motifs is 1. The Hall–Kier alpha value is -1.21. The zero-order valence-electron chi connectivity index (χ0n) is 17.0. The largest absolute Gasteiger partial charge is 0.481 e. The third-order valence-corrected chi connectivity index (χ3v) is 7.76. The molecule has 5 atom stereocenters. The van der Waals surface area contributed by atoms with E-state index in [1.165, 1.54) is 10.4 Å². The number of unbranched alkanes of at least 4 members (excludes halogenated alkanes) is 3. The standard InChI is InChI=1S/C23H34O5S/c24-18(22-13-15-7-5-6-9-21(15)29-22)12-11-17-16(19(25)14-20(17)26)8-3-1-2-4-10-23(27)28/h6,9,13,16-20,24-26H,1-5,7-8,10-12,14H2,(H,27,28)/t16-,17-,18-,19+,20-/m1/s1. The number of aliphatic hydroxyl groups is 3. The van der Waals surface area contributed by atoms with E-state index in [1.54, 1.807) is 11.3 Å². The molecule has 5 nitrogen and oxygen atoms in total. The van der Waals surface area contributed by atoms with Crippen LogP contribution in [-0.4, -0.2) is 38.6 Å². The number of carboxylic acid groups (broad SMARTS) is 1. The van der Waals surface area contributed by atoms with Crippen LogP contribution in [0.25, 0.3) is 6.08 Å². The van der Waals surface area contributed by atoms with Gasteiger partial charge in [0.25, 0.3) is 0 Å². The highest BCUT2D eigenvalue weighted by Crippen LogP contribution is 2.41. The maximum absolute atomic E-state index is 10.7. The number of carbonyl (C=O) groups is 1. The van der Waals surface area contributed by atoms with Crippen molar-refractivity contribution in [3.05, 3.63) is 27.5 Å². The highest BCUT2D eigenvalue weighted by Gasteiger charge is 2.41. The molecule has 0 unspecified atom stereocenters. The summed E-state index contributed by atoms with van der Waals surface area (Å²) in [5.74, 6) is -0.662. The monoisotopic (exact) mass is 422 g/mol. The Morgan fingerprint density at radius 3 is 2.55 bits per heavy atom. The molecule has 1 aromatic heterocycles. The number of rotatable bonds is 11. The molecule has 1 heterocycles. The molecule has 0 aromatic carbocycles. The summed E-state index contributed by atoms with van der Waals surface area (Å²) in [6.45, 7) is 0. The van der Waals surface area contributed by atoms with Crippen molar-refractivity contribution >= 4 is 23.4 Å². The lowest BCUT2D eigenvalue weighted by molar-refractivity contribution is -0.137. The maximum Gasteiger partial charge on any atom is 0.303 e. The third kappa shape index (κ3) is 6.14. The van der Waals surface area contributed by atoms with Crippen molar-refractivity contribution in [3.8, 4) is 0 Å². The first kappa shape index (κ1) is 22.5. The van der Waals surface area contributed by atoms with Crippen molar-refractivity contribution in [1.82, 2.24) is 0 Å². The zero-order valence-corrected chi connectivity index (χ0v) is 17.8. The molecule has 1 fully saturated rings. The predicted molar refractivity (Wildman–Crippen MR) is 115 cm³/mol. The SMILES string of the molecule is O=C(O)CCCCCC[C@@H]1[C@@H](CC[C@@H](O)c2cc3c(s2)C=CCC3)[C@H](O)C[C@@H]1O. The predicted octanol–water partition coefficient (Wildman–Crippen LogP) is 4.30. The van der Waals surface area contributed by atoms with Gasteiger partial charge in [0, 0.05) is 16.2 Å². The minimum absolute atomic E-state index is 0.0214. The van der Waals surface area contributed by atoms with E-state index in [-0.39, 0.29) is 18.3 Å². The van der Waals surface area contributed by atoms with Crippen molar-refractivity contribution in [2.24, 2.45) is 11.8 Å². The molecule has 1 aromatic rings. The van der Waals surface area contributed by atoms with Crippen LogP contribution < -0.4 is 0 Å². The highest BCUT2D eigenvalue weighted by molar-refractivity contribution is 7.13. The highest BCUT2D eigenvalue weighted by atomic mass is 32.1. The van der Waals surface area contributed by atoms with Gasteiger partial charge in [-0.2, -0.15) is 0 Å². The quantitative estimate of drug-likeness (QED) is 0.399. The fraction of sp³-hybridized carbons (Fsp3) is 0.696. The first-order valence-corrected chi connectivity index (χ1v) is 11.8. The fourth-order valence-electron chi connectivity index (χ4n) is 4.88. The second-order valence-corrected chi connectivity index (χ2v) is 9.73. The fourth-order valence-corrected chi connectivity index (χ4v) is 6.04. The van der Waals surface area contributed by atoms with E-state index in [2.05, 4.69) is 18.2 Å². The van der Waals surface area contributed by atoms with E-state index in [0.29, 0.717) is 25.7 Å². The van der Waals surface area contributed by atoms with Crippen molar-refractivity contribution in [3.63, 3.8) is 0 Å². The normalized spacial score (nSPS) is 27.1. The van der Waals surface area contributed by atoms with Crippen LogP contribution in [0.4, 0.5) is 0 Å². The summed E-state index contributed by atoms with van der Waals surface area (Å²) in [4.78, 5) is 12.8. The van der Waals surface area contributed by atoms with Gasteiger partial charge in [-0.1, -0.05) is 25.3 Å². The minimum atomic E-state index is -0.749. The molecule has 1 saturated carbocycles. The van der Waals surface area contributed by atoms with Crippen LogP contribution >= 0.6 is 11.3 Å². The van der Waals surface area contributed by atoms with Gasteiger partial charge >= 0.3 is 5.97 Å². The molecule has 29 heavy (non-hydrogen) atoms. The third-order valence-electron chi connectivity index (χ3n) is 6.51. The van der Waals surface area contributed by atoms with E-state index in [1.807, 2.05) is 0 Å². The smallest absolute Gasteiger partial charge is 0.303 e. The molecule has 0 saturated heterocycles.